The number of hydrogen-bond donors (Lipinski definition) is 0. The SMILES string of the molecule is CCOC(=O)c1cc(-c2ccc(F)cc2)n(CCC(=O)N2CCCC[C@H]2C)c1C. The summed E-state index contributed by atoms with van der Waals surface area (Å²) in [6, 6.07) is 8.20. The number of halogens is 1. The third kappa shape index (κ3) is 4.69. The van der Waals surface area contributed by atoms with Gasteiger partial charge in [-0.3, -0.25) is 4.79 Å². The Bertz CT molecular complexity index is 873. The van der Waals surface area contributed by atoms with E-state index >= 15 is 0 Å². The minimum Gasteiger partial charge on any atom is -0.462 e. The molecule has 1 fully saturated rings. The van der Waals surface area contributed by atoms with E-state index < -0.39 is 0 Å². The Morgan fingerprint density at radius 1 is 1.21 bits per heavy atom. The van der Waals surface area contributed by atoms with Crippen LogP contribution in [-0.2, 0) is 16.1 Å². The normalized spacial score (nSPS) is 16.7. The van der Waals surface area contributed by atoms with Crippen LogP contribution in [-0.4, -0.2) is 40.5 Å². The second-order valence-electron chi connectivity index (χ2n) is 7.59. The molecule has 1 aliphatic rings. The molecule has 1 amide bonds. The van der Waals surface area contributed by atoms with Crippen molar-refractivity contribution >= 4 is 11.9 Å². The summed E-state index contributed by atoms with van der Waals surface area (Å²) in [5.74, 6) is -0.570. The number of aromatic nitrogens is 1. The Balaban J connectivity index is 1.88. The van der Waals surface area contributed by atoms with Crippen molar-refractivity contribution in [2.45, 2.75) is 59.0 Å². The highest BCUT2D eigenvalue weighted by molar-refractivity contribution is 5.92. The quantitative estimate of drug-likeness (QED) is 0.668. The van der Waals surface area contributed by atoms with Gasteiger partial charge in [0.2, 0.25) is 5.91 Å². The molecule has 2 heterocycles. The molecule has 0 N–H and O–H groups in total. The van der Waals surface area contributed by atoms with Gasteiger partial charge in [0.05, 0.1) is 12.2 Å². The predicted molar refractivity (Wildman–Crippen MR) is 110 cm³/mol. The van der Waals surface area contributed by atoms with E-state index in [1.165, 1.54) is 18.6 Å². The van der Waals surface area contributed by atoms with Gasteiger partial charge in [0.1, 0.15) is 5.82 Å². The highest BCUT2D eigenvalue weighted by Gasteiger charge is 2.24. The monoisotopic (exact) mass is 400 g/mol. The summed E-state index contributed by atoms with van der Waals surface area (Å²) in [7, 11) is 0. The number of nitrogens with zero attached hydrogens (tertiary/aromatic N) is 2. The van der Waals surface area contributed by atoms with E-state index in [-0.39, 0.29) is 23.7 Å². The molecule has 1 saturated heterocycles. The zero-order chi connectivity index (χ0) is 21.0. The summed E-state index contributed by atoms with van der Waals surface area (Å²) in [6.07, 6.45) is 3.62. The number of hydrogen-bond acceptors (Lipinski definition) is 3. The number of rotatable bonds is 6. The van der Waals surface area contributed by atoms with E-state index in [0.717, 1.165) is 36.3 Å². The molecule has 0 bridgehead atoms. The largest absolute Gasteiger partial charge is 0.462 e. The Hall–Kier alpha value is -2.63. The second-order valence-corrected chi connectivity index (χ2v) is 7.59. The lowest BCUT2D eigenvalue weighted by atomic mass is 10.0. The lowest BCUT2D eigenvalue weighted by Gasteiger charge is -2.33. The van der Waals surface area contributed by atoms with Gasteiger partial charge in [0, 0.05) is 36.9 Å². The van der Waals surface area contributed by atoms with Gasteiger partial charge in [0.15, 0.2) is 0 Å². The topological polar surface area (TPSA) is 51.5 Å². The summed E-state index contributed by atoms with van der Waals surface area (Å²) < 4.78 is 20.5. The first kappa shape index (κ1) is 21.1. The molecule has 0 saturated carbocycles. The number of benzene rings is 1. The Labute approximate surface area is 171 Å². The molecule has 5 nitrogen and oxygen atoms in total. The van der Waals surface area contributed by atoms with Crippen LogP contribution in [0.5, 0.6) is 0 Å². The molecular weight excluding hydrogens is 371 g/mol. The van der Waals surface area contributed by atoms with Crippen LogP contribution in [0.1, 0.15) is 55.6 Å². The van der Waals surface area contributed by atoms with Crippen LogP contribution in [0, 0.1) is 12.7 Å². The van der Waals surface area contributed by atoms with Crippen molar-refractivity contribution in [3.8, 4) is 11.3 Å². The van der Waals surface area contributed by atoms with E-state index in [2.05, 4.69) is 6.92 Å². The third-order valence-corrected chi connectivity index (χ3v) is 5.67. The molecule has 2 aromatic rings. The van der Waals surface area contributed by atoms with Crippen molar-refractivity contribution in [2.75, 3.05) is 13.2 Å². The maximum Gasteiger partial charge on any atom is 0.339 e. The third-order valence-electron chi connectivity index (χ3n) is 5.67. The van der Waals surface area contributed by atoms with Crippen LogP contribution in [0.25, 0.3) is 11.3 Å². The summed E-state index contributed by atoms with van der Waals surface area (Å²) in [6.45, 7) is 7.28. The standard InChI is InChI=1S/C23H29FN2O3/c1-4-29-23(28)20-15-21(18-8-10-19(24)11-9-18)26(17(20)3)14-12-22(27)25-13-6-5-7-16(25)2/h8-11,15-16H,4-7,12-14H2,1-3H3/t16-/m1/s1. The molecule has 0 unspecified atom stereocenters. The van der Waals surface area contributed by atoms with Gasteiger partial charge in [-0.15, -0.1) is 0 Å². The number of likely N-dealkylation sites (tertiary alicyclic amines) is 1. The predicted octanol–water partition coefficient (Wildman–Crippen LogP) is 4.57. The zero-order valence-corrected chi connectivity index (χ0v) is 17.4. The molecule has 0 radical (unpaired) electrons. The van der Waals surface area contributed by atoms with Crippen LogP contribution in [0.3, 0.4) is 0 Å². The molecule has 156 valence electrons. The molecular formula is C23H29FN2O3. The second kappa shape index (κ2) is 9.25. The first-order valence-corrected chi connectivity index (χ1v) is 10.3. The summed E-state index contributed by atoms with van der Waals surface area (Å²) in [5.41, 5.74) is 2.81. The summed E-state index contributed by atoms with van der Waals surface area (Å²) in [4.78, 5) is 27.1. The van der Waals surface area contributed by atoms with Gasteiger partial charge in [-0.05, 0) is 75.9 Å². The van der Waals surface area contributed by atoms with Crippen molar-refractivity contribution < 1.29 is 18.7 Å². The molecule has 1 aliphatic heterocycles. The molecule has 6 heteroatoms. The van der Waals surface area contributed by atoms with Gasteiger partial charge in [-0.25, -0.2) is 9.18 Å². The summed E-state index contributed by atoms with van der Waals surface area (Å²) in [5, 5.41) is 0. The van der Waals surface area contributed by atoms with Gasteiger partial charge < -0.3 is 14.2 Å². The van der Waals surface area contributed by atoms with E-state index in [1.54, 1.807) is 25.1 Å². The van der Waals surface area contributed by atoms with Crippen LogP contribution in [0.2, 0.25) is 0 Å². The fourth-order valence-electron chi connectivity index (χ4n) is 4.03. The number of piperidine rings is 1. The molecule has 0 aliphatic carbocycles. The number of amides is 1. The number of carbonyl (C=O) groups is 2. The fraction of sp³-hybridized carbons (Fsp3) is 0.478. The average molecular weight is 400 g/mol. The van der Waals surface area contributed by atoms with Gasteiger partial charge in [-0.2, -0.15) is 0 Å². The first-order valence-electron chi connectivity index (χ1n) is 10.3. The minimum absolute atomic E-state index is 0.132. The fourth-order valence-corrected chi connectivity index (χ4v) is 4.03. The van der Waals surface area contributed by atoms with E-state index in [9.17, 15) is 14.0 Å². The van der Waals surface area contributed by atoms with Crippen molar-refractivity contribution in [1.82, 2.24) is 9.47 Å². The van der Waals surface area contributed by atoms with Crippen LogP contribution >= 0.6 is 0 Å². The van der Waals surface area contributed by atoms with Crippen LogP contribution in [0.15, 0.2) is 30.3 Å². The maximum absolute atomic E-state index is 13.4. The summed E-state index contributed by atoms with van der Waals surface area (Å²) >= 11 is 0. The molecule has 1 atom stereocenters. The zero-order valence-electron chi connectivity index (χ0n) is 17.4. The highest BCUT2D eigenvalue weighted by Crippen LogP contribution is 2.28. The first-order chi connectivity index (χ1) is 13.9. The number of carbonyl (C=O) groups excluding carboxylic acids is 2. The number of ether oxygens (including phenoxy) is 1. The van der Waals surface area contributed by atoms with Crippen LogP contribution in [0.4, 0.5) is 4.39 Å². The molecule has 0 spiro atoms. The smallest absolute Gasteiger partial charge is 0.339 e. The van der Waals surface area contributed by atoms with Gasteiger partial charge in [0.25, 0.3) is 0 Å². The maximum atomic E-state index is 13.4. The van der Waals surface area contributed by atoms with Crippen molar-refractivity contribution in [3.63, 3.8) is 0 Å². The molecule has 3 rings (SSSR count). The van der Waals surface area contributed by atoms with Gasteiger partial charge >= 0.3 is 5.97 Å². The van der Waals surface area contributed by atoms with Crippen molar-refractivity contribution in [2.24, 2.45) is 0 Å². The average Bonchev–Trinajstić information content (AvgIpc) is 3.03. The molecule has 1 aromatic heterocycles. The van der Waals surface area contributed by atoms with Crippen molar-refractivity contribution in [1.29, 1.82) is 0 Å². The lowest BCUT2D eigenvalue weighted by molar-refractivity contribution is -0.134. The van der Waals surface area contributed by atoms with E-state index in [0.29, 0.717) is 25.1 Å². The minimum atomic E-state index is -0.386. The van der Waals surface area contributed by atoms with Gasteiger partial charge in [-0.1, -0.05) is 0 Å². The van der Waals surface area contributed by atoms with E-state index in [1.807, 2.05) is 16.4 Å². The van der Waals surface area contributed by atoms with Crippen molar-refractivity contribution in [3.05, 3.63) is 47.4 Å². The lowest BCUT2D eigenvalue weighted by Crippen LogP contribution is -2.42. The Kier molecular flexibility index (Phi) is 6.72. The van der Waals surface area contributed by atoms with E-state index in [4.69, 9.17) is 4.74 Å². The number of esters is 1. The molecule has 29 heavy (non-hydrogen) atoms. The Morgan fingerprint density at radius 3 is 2.59 bits per heavy atom. The van der Waals surface area contributed by atoms with Crippen LogP contribution < -0.4 is 0 Å². The molecule has 1 aromatic carbocycles. The Morgan fingerprint density at radius 2 is 1.93 bits per heavy atom. The highest BCUT2D eigenvalue weighted by atomic mass is 19.1.